The summed E-state index contributed by atoms with van der Waals surface area (Å²) in [5, 5.41) is 17.8. The van der Waals surface area contributed by atoms with Crippen LogP contribution >= 0.6 is 0 Å². The predicted molar refractivity (Wildman–Crippen MR) is 127 cm³/mol. The van der Waals surface area contributed by atoms with Crippen LogP contribution in [0.15, 0.2) is 46.4 Å². The molecule has 1 N–H and O–H groups in total. The number of rotatable bonds is 8. The minimum absolute atomic E-state index is 0.258. The molecule has 0 spiro atoms. The molecule has 2 aliphatic rings. The molecule has 0 radical (unpaired) electrons. The van der Waals surface area contributed by atoms with Crippen LogP contribution in [0.3, 0.4) is 0 Å². The van der Waals surface area contributed by atoms with Crippen molar-refractivity contribution in [3.8, 4) is 11.5 Å². The van der Waals surface area contributed by atoms with Gasteiger partial charge in [0.15, 0.2) is 0 Å². The summed E-state index contributed by atoms with van der Waals surface area (Å²) in [6, 6.07) is 9.99. The molecule has 6 nitrogen and oxygen atoms in total. The van der Waals surface area contributed by atoms with Crippen LogP contribution in [-0.4, -0.2) is 71.0 Å². The minimum atomic E-state index is 0.258. The second kappa shape index (κ2) is 10.7. The van der Waals surface area contributed by atoms with E-state index in [2.05, 4.69) is 46.8 Å². The Kier molecular flexibility index (Phi) is 7.76. The highest BCUT2D eigenvalue weighted by Gasteiger charge is 2.34. The second-order valence-corrected chi connectivity index (χ2v) is 9.85. The van der Waals surface area contributed by atoms with E-state index in [0.29, 0.717) is 29.6 Å². The van der Waals surface area contributed by atoms with Gasteiger partial charge in [0.1, 0.15) is 0 Å². The molecule has 1 saturated heterocycles. The van der Waals surface area contributed by atoms with Crippen molar-refractivity contribution in [3.63, 3.8) is 0 Å². The summed E-state index contributed by atoms with van der Waals surface area (Å²) in [5.41, 5.74) is 2.44. The van der Waals surface area contributed by atoms with E-state index < -0.39 is 0 Å². The van der Waals surface area contributed by atoms with Crippen LogP contribution in [0, 0.1) is 23.7 Å². The Hall–Kier alpha value is -2.02. The number of piperazine rings is 1. The van der Waals surface area contributed by atoms with Gasteiger partial charge in [-0.1, -0.05) is 43.7 Å². The average molecular weight is 439 g/mol. The Labute approximate surface area is 192 Å². The van der Waals surface area contributed by atoms with Gasteiger partial charge < -0.3 is 14.4 Å². The molecule has 174 valence electrons. The van der Waals surface area contributed by atoms with Crippen molar-refractivity contribution < 1.29 is 9.52 Å². The molecule has 2 heterocycles. The molecule has 1 aliphatic heterocycles. The van der Waals surface area contributed by atoms with Crippen LogP contribution in [0.5, 0.6) is 0 Å². The SMILES string of the molecule is CC1=CC(CN2CCN(CCO)CC2)C(C(C)C)CC1Cc1nnc(-c2ccccc2)o1. The van der Waals surface area contributed by atoms with Crippen molar-refractivity contribution in [2.45, 2.75) is 33.6 Å². The third-order valence-corrected chi connectivity index (χ3v) is 7.34. The van der Waals surface area contributed by atoms with Gasteiger partial charge in [0.05, 0.1) is 6.61 Å². The lowest BCUT2D eigenvalue weighted by Gasteiger charge is -2.41. The summed E-state index contributed by atoms with van der Waals surface area (Å²) < 4.78 is 6.01. The Balaban J connectivity index is 1.40. The molecule has 3 unspecified atom stereocenters. The quantitative estimate of drug-likeness (QED) is 0.634. The molecule has 0 bridgehead atoms. The molecule has 3 atom stereocenters. The first-order valence-corrected chi connectivity index (χ1v) is 12.1. The number of benzene rings is 1. The molecule has 1 aliphatic carbocycles. The highest BCUT2D eigenvalue weighted by atomic mass is 16.4. The molecule has 32 heavy (non-hydrogen) atoms. The number of aliphatic hydroxyl groups excluding tert-OH is 1. The van der Waals surface area contributed by atoms with Crippen molar-refractivity contribution in [3.05, 3.63) is 47.9 Å². The fourth-order valence-corrected chi connectivity index (χ4v) is 5.36. The van der Waals surface area contributed by atoms with E-state index in [1.807, 2.05) is 30.3 Å². The summed E-state index contributed by atoms with van der Waals surface area (Å²) in [4.78, 5) is 4.98. The number of hydrogen-bond donors (Lipinski definition) is 1. The fourth-order valence-electron chi connectivity index (χ4n) is 5.36. The fraction of sp³-hybridized carbons (Fsp3) is 0.615. The van der Waals surface area contributed by atoms with Crippen LogP contribution < -0.4 is 0 Å². The first-order chi connectivity index (χ1) is 15.5. The highest BCUT2D eigenvalue weighted by molar-refractivity contribution is 5.51. The van der Waals surface area contributed by atoms with Crippen molar-refractivity contribution in [2.75, 3.05) is 45.9 Å². The van der Waals surface area contributed by atoms with Crippen LogP contribution in [0.1, 0.15) is 33.1 Å². The number of nitrogens with zero attached hydrogens (tertiary/aromatic N) is 4. The topological polar surface area (TPSA) is 65.6 Å². The number of aromatic nitrogens is 2. The number of hydrogen-bond acceptors (Lipinski definition) is 6. The zero-order valence-electron chi connectivity index (χ0n) is 19.8. The molecule has 0 amide bonds. The van der Waals surface area contributed by atoms with Gasteiger partial charge in [0.2, 0.25) is 11.8 Å². The lowest BCUT2D eigenvalue weighted by Crippen LogP contribution is -2.49. The summed E-state index contributed by atoms with van der Waals surface area (Å²) in [7, 11) is 0. The molecule has 1 aromatic carbocycles. The largest absolute Gasteiger partial charge is 0.421 e. The smallest absolute Gasteiger partial charge is 0.247 e. The lowest BCUT2D eigenvalue weighted by molar-refractivity contribution is 0.0887. The van der Waals surface area contributed by atoms with E-state index in [1.165, 1.54) is 12.0 Å². The maximum atomic E-state index is 9.18. The van der Waals surface area contributed by atoms with Gasteiger partial charge in [-0.3, -0.25) is 4.90 Å². The minimum Gasteiger partial charge on any atom is -0.421 e. The van der Waals surface area contributed by atoms with Gasteiger partial charge in [0.25, 0.3) is 0 Å². The van der Waals surface area contributed by atoms with Crippen molar-refractivity contribution in [2.24, 2.45) is 23.7 Å². The van der Waals surface area contributed by atoms with Crippen LogP contribution in [0.25, 0.3) is 11.5 Å². The zero-order valence-corrected chi connectivity index (χ0v) is 19.8. The maximum Gasteiger partial charge on any atom is 0.247 e. The van der Waals surface area contributed by atoms with E-state index in [0.717, 1.165) is 57.1 Å². The molecule has 2 aromatic rings. The monoisotopic (exact) mass is 438 g/mol. The van der Waals surface area contributed by atoms with Crippen molar-refractivity contribution in [1.82, 2.24) is 20.0 Å². The van der Waals surface area contributed by atoms with Gasteiger partial charge in [0, 0.05) is 51.3 Å². The van der Waals surface area contributed by atoms with Gasteiger partial charge >= 0.3 is 0 Å². The van der Waals surface area contributed by atoms with E-state index >= 15 is 0 Å². The van der Waals surface area contributed by atoms with Crippen molar-refractivity contribution >= 4 is 0 Å². The normalized spacial score (nSPS) is 25.3. The summed E-state index contributed by atoms with van der Waals surface area (Å²) >= 11 is 0. The second-order valence-electron chi connectivity index (χ2n) is 9.85. The van der Waals surface area contributed by atoms with Crippen LogP contribution in [-0.2, 0) is 6.42 Å². The van der Waals surface area contributed by atoms with Crippen LogP contribution in [0.2, 0.25) is 0 Å². The van der Waals surface area contributed by atoms with Gasteiger partial charge in [-0.05, 0) is 49.1 Å². The third kappa shape index (κ3) is 5.66. The Morgan fingerprint density at radius 2 is 1.78 bits per heavy atom. The average Bonchev–Trinajstić information content (AvgIpc) is 3.26. The maximum absolute atomic E-state index is 9.18. The number of β-amino-alcohol motifs (C(OH)–C–C–N with tert-alkyl or cyclic N) is 1. The first kappa shape index (κ1) is 23.1. The van der Waals surface area contributed by atoms with Crippen molar-refractivity contribution in [1.29, 1.82) is 0 Å². The van der Waals surface area contributed by atoms with E-state index in [9.17, 15) is 5.11 Å². The molecular formula is C26H38N4O2. The van der Waals surface area contributed by atoms with Gasteiger partial charge in [-0.15, -0.1) is 10.2 Å². The van der Waals surface area contributed by atoms with E-state index in [-0.39, 0.29) is 6.61 Å². The molecule has 1 fully saturated rings. The Morgan fingerprint density at radius 1 is 1.06 bits per heavy atom. The first-order valence-electron chi connectivity index (χ1n) is 12.1. The van der Waals surface area contributed by atoms with Crippen LogP contribution in [0.4, 0.5) is 0 Å². The summed E-state index contributed by atoms with van der Waals surface area (Å²) in [6.07, 6.45) is 4.53. The van der Waals surface area contributed by atoms with Gasteiger partial charge in [-0.25, -0.2) is 0 Å². The summed E-state index contributed by atoms with van der Waals surface area (Å²) in [6.45, 7) is 13.5. The van der Waals surface area contributed by atoms with E-state index in [4.69, 9.17) is 4.42 Å². The molecule has 4 rings (SSSR count). The Morgan fingerprint density at radius 3 is 2.47 bits per heavy atom. The predicted octanol–water partition coefficient (Wildman–Crippen LogP) is 3.74. The third-order valence-electron chi connectivity index (χ3n) is 7.34. The zero-order chi connectivity index (χ0) is 22.5. The molecule has 1 aromatic heterocycles. The van der Waals surface area contributed by atoms with Gasteiger partial charge in [-0.2, -0.15) is 0 Å². The molecule has 0 saturated carbocycles. The number of allylic oxidation sites excluding steroid dienone is 1. The Bertz CT molecular complexity index is 871. The highest BCUT2D eigenvalue weighted by Crippen LogP contribution is 2.39. The molecule has 6 heteroatoms. The molecular weight excluding hydrogens is 400 g/mol. The lowest BCUT2D eigenvalue weighted by atomic mass is 9.69. The standard InChI is InChI=1S/C26H38N4O2/c1-19(2)24-16-22(17-25-27-28-26(32-25)21-7-5-4-6-8-21)20(3)15-23(24)18-30-11-9-29(10-12-30)13-14-31/h4-8,15,19,22-24,31H,9-14,16-18H2,1-3H3. The summed E-state index contributed by atoms with van der Waals surface area (Å²) in [5.74, 6) is 3.71. The number of aliphatic hydroxyl groups is 1. The van der Waals surface area contributed by atoms with E-state index in [1.54, 1.807) is 0 Å².